The zero-order valence-corrected chi connectivity index (χ0v) is 13.1. The van der Waals surface area contributed by atoms with Crippen LogP contribution in [0.25, 0.3) is 11.4 Å². The Morgan fingerprint density at radius 3 is 2.96 bits per heavy atom. The van der Waals surface area contributed by atoms with Gasteiger partial charge in [-0.3, -0.25) is 0 Å². The number of rotatable bonds is 5. The maximum Gasteiger partial charge on any atom is 0.409 e. The molecule has 7 heteroatoms. The van der Waals surface area contributed by atoms with E-state index in [4.69, 9.17) is 9.26 Å². The number of ether oxygens (including phenoxy) is 1. The number of hydrogen-bond acceptors (Lipinski definition) is 6. The van der Waals surface area contributed by atoms with Gasteiger partial charge in [-0.1, -0.05) is 29.4 Å². The van der Waals surface area contributed by atoms with Crippen molar-refractivity contribution in [1.29, 1.82) is 0 Å². The average molecular weight is 316 g/mol. The number of carbonyl (C=O) groups excluding carboxylic acids is 1. The number of carbonyl (C=O) groups is 1. The van der Waals surface area contributed by atoms with Gasteiger partial charge in [-0.2, -0.15) is 4.98 Å². The molecule has 1 aromatic heterocycles. The molecule has 0 radical (unpaired) electrons. The largest absolute Gasteiger partial charge is 0.450 e. The number of hydrogen-bond donors (Lipinski definition) is 1. The molecule has 1 fully saturated rings. The van der Waals surface area contributed by atoms with E-state index in [1.807, 2.05) is 31.2 Å². The Bertz CT molecular complexity index is 627. The monoisotopic (exact) mass is 316 g/mol. The van der Waals surface area contributed by atoms with Crippen molar-refractivity contribution in [2.75, 3.05) is 19.7 Å². The second kappa shape index (κ2) is 7.23. The molecule has 1 N–H and O–H groups in total. The molecule has 0 bridgehead atoms. The summed E-state index contributed by atoms with van der Waals surface area (Å²) in [6.45, 7) is 4.43. The van der Waals surface area contributed by atoms with Crippen LogP contribution < -0.4 is 5.32 Å². The molecule has 7 nitrogen and oxygen atoms in total. The molecule has 1 aromatic carbocycles. The maximum atomic E-state index is 11.7. The molecule has 1 aliphatic rings. The minimum Gasteiger partial charge on any atom is -0.450 e. The Balaban J connectivity index is 1.48. The summed E-state index contributed by atoms with van der Waals surface area (Å²) in [5.74, 6) is 0.588. The zero-order valence-electron chi connectivity index (χ0n) is 13.1. The number of amides is 1. The SMILES string of the molecule is CCOC(=O)N1CC[C@@H](NCc2ccc(-c3ncon3)cc2)C1. The van der Waals surface area contributed by atoms with Crippen LogP contribution in [0.2, 0.25) is 0 Å². The van der Waals surface area contributed by atoms with Gasteiger partial charge < -0.3 is 19.5 Å². The van der Waals surface area contributed by atoms with Crippen LogP contribution in [-0.2, 0) is 11.3 Å². The molecule has 2 heterocycles. The lowest BCUT2D eigenvalue weighted by atomic mass is 10.1. The van der Waals surface area contributed by atoms with E-state index in [1.165, 1.54) is 12.0 Å². The third-order valence-electron chi connectivity index (χ3n) is 3.88. The third-order valence-corrected chi connectivity index (χ3v) is 3.88. The van der Waals surface area contributed by atoms with Gasteiger partial charge in [0.1, 0.15) is 0 Å². The lowest BCUT2D eigenvalue weighted by Crippen LogP contribution is -2.35. The van der Waals surface area contributed by atoms with Crippen LogP contribution in [0, 0.1) is 0 Å². The highest BCUT2D eigenvalue weighted by Crippen LogP contribution is 2.16. The molecule has 3 rings (SSSR count). The third kappa shape index (κ3) is 3.87. The van der Waals surface area contributed by atoms with Crippen molar-refractivity contribution in [2.24, 2.45) is 0 Å². The average Bonchev–Trinajstić information content (AvgIpc) is 3.25. The van der Waals surface area contributed by atoms with Crippen molar-refractivity contribution in [3.8, 4) is 11.4 Å². The van der Waals surface area contributed by atoms with Gasteiger partial charge in [-0.05, 0) is 18.9 Å². The van der Waals surface area contributed by atoms with Crippen LogP contribution >= 0.6 is 0 Å². The van der Waals surface area contributed by atoms with Gasteiger partial charge in [0, 0.05) is 31.2 Å². The fourth-order valence-electron chi connectivity index (χ4n) is 2.64. The first-order chi connectivity index (χ1) is 11.3. The molecule has 122 valence electrons. The van der Waals surface area contributed by atoms with E-state index in [0.717, 1.165) is 25.1 Å². The number of benzene rings is 1. The Morgan fingerprint density at radius 2 is 2.26 bits per heavy atom. The summed E-state index contributed by atoms with van der Waals surface area (Å²) < 4.78 is 9.77. The molecule has 1 saturated heterocycles. The first-order valence-corrected chi connectivity index (χ1v) is 7.77. The van der Waals surface area contributed by atoms with E-state index in [1.54, 1.807) is 4.90 Å². The van der Waals surface area contributed by atoms with Gasteiger partial charge in [0.05, 0.1) is 6.61 Å². The van der Waals surface area contributed by atoms with E-state index < -0.39 is 0 Å². The smallest absolute Gasteiger partial charge is 0.409 e. The molecular weight excluding hydrogens is 296 g/mol. The van der Waals surface area contributed by atoms with Gasteiger partial charge >= 0.3 is 6.09 Å². The number of nitrogens with zero attached hydrogens (tertiary/aromatic N) is 3. The molecule has 0 aliphatic carbocycles. The summed E-state index contributed by atoms with van der Waals surface area (Å²) in [6.07, 6.45) is 2.04. The molecule has 0 spiro atoms. The van der Waals surface area contributed by atoms with E-state index in [9.17, 15) is 4.79 Å². The second-order valence-electron chi connectivity index (χ2n) is 5.46. The number of aromatic nitrogens is 2. The van der Waals surface area contributed by atoms with Crippen molar-refractivity contribution in [3.63, 3.8) is 0 Å². The quantitative estimate of drug-likeness (QED) is 0.909. The van der Waals surface area contributed by atoms with Gasteiger partial charge in [-0.25, -0.2) is 4.79 Å². The maximum absolute atomic E-state index is 11.7. The normalized spacial score (nSPS) is 17.4. The van der Waals surface area contributed by atoms with Gasteiger partial charge in [0.15, 0.2) is 0 Å². The highest BCUT2D eigenvalue weighted by atomic mass is 16.6. The summed E-state index contributed by atoms with van der Waals surface area (Å²) in [5.41, 5.74) is 2.10. The summed E-state index contributed by atoms with van der Waals surface area (Å²) in [6, 6.07) is 8.33. The summed E-state index contributed by atoms with van der Waals surface area (Å²) in [5, 5.41) is 7.29. The molecule has 0 saturated carbocycles. The summed E-state index contributed by atoms with van der Waals surface area (Å²) >= 11 is 0. The van der Waals surface area contributed by atoms with Crippen molar-refractivity contribution < 1.29 is 14.1 Å². The van der Waals surface area contributed by atoms with Gasteiger partial charge in [-0.15, -0.1) is 0 Å². The van der Waals surface area contributed by atoms with Crippen LogP contribution in [0.15, 0.2) is 35.2 Å². The van der Waals surface area contributed by atoms with Gasteiger partial charge in [0.2, 0.25) is 12.2 Å². The Hall–Kier alpha value is -2.41. The highest BCUT2D eigenvalue weighted by molar-refractivity contribution is 5.68. The van der Waals surface area contributed by atoms with Crippen LogP contribution in [-0.4, -0.2) is 46.9 Å². The predicted octanol–water partition coefficient (Wildman–Crippen LogP) is 2.06. The zero-order chi connectivity index (χ0) is 16.1. The Morgan fingerprint density at radius 1 is 1.43 bits per heavy atom. The summed E-state index contributed by atoms with van der Waals surface area (Å²) in [7, 11) is 0. The van der Waals surface area contributed by atoms with Crippen LogP contribution in [0.4, 0.5) is 4.79 Å². The van der Waals surface area contributed by atoms with Crippen molar-refractivity contribution in [2.45, 2.75) is 25.9 Å². The lowest BCUT2D eigenvalue weighted by Gasteiger charge is -2.16. The van der Waals surface area contributed by atoms with Crippen LogP contribution in [0.3, 0.4) is 0 Å². The first kappa shape index (κ1) is 15.5. The van der Waals surface area contributed by atoms with E-state index in [0.29, 0.717) is 25.0 Å². The molecule has 1 aliphatic heterocycles. The van der Waals surface area contributed by atoms with Crippen molar-refractivity contribution in [3.05, 3.63) is 36.2 Å². The van der Waals surface area contributed by atoms with Crippen LogP contribution in [0.1, 0.15) is 18.9 Å². The van der Waals surface area contributed by atoms with E-state index in [-0.39, 0.29) is 6.09 Å². The topological polar surface area (TPSA) is 80.5 Å². The summed E-state index contributed by atoms with van der Waals surface area (Å²) in [4.78, 5) is 17.4. The standard InChI is InChI=1S/C16H20N4O3/c1-2-22-16(21)20-8-7-14(10-20)17-9-12-3-5-13(6-4-12)15-18-11-23-19-15/h3-6,11,14,17H,2,7-10H2,1H3/t14-/m1/s1. The number of likely N-dealkylation sites (tertiary alicyclic amines) is 1. The molecule has 1 atom stereocenters. The first-order valence-electron chi connectivity index (χ1n) is 7.77. The highest BCUT2D eigenvalue weighted by Gasteiger charge is 2.26. The lowest BCUT2D eigenvalue weighted by molar-refractivity contribution is 0.115. The molecular formula is C16H20N4O3. The fraction of sp³-hybridized carbons (Fsp3) is 0.438. The predicted molar refractivity (Wildman–Crippen MR) is 83.6 cm³/mol. The van der Waals surface area contributed by atoms with E-state index >= 15 is 0 Å². The molecule has 23 heavy (non-hydrogen) atoms. The Labute approximate surface area is 134 Å². The minimum atomic E-state index is -0.221. The number of nitrogens with one attached hydrogen (secondary N) is 1. The van der Waals surface area contributed by atoms with Crippen molar-refractivity contribution >= 4 is 6.09 Å². The molecule has 0 unspecified atom stereocenters. The Kier molecular flexibility index (Phi) is 4.87. The molecule has 2 aromatic rings. The fourth-order valence-corrected chi connectivity index (χ4v) is 2.64. The van der Waals surface area contributed by atoms with Gasteiger partial charge in [0.25, 0.3) is 0 Å². The van der Waals surface area contributed by atoms with E-state index in [2.05, 4.69) is 15.5 Å². The van der Waals surface area contributed by atoms with Crippen molar-refractivity contribution in [1.82, 2.24) is 20.4 Å². The molecule has 1 amide bonds. The minimum absolute atomic E-state index is 0.221. The second-order valence-corrected chi connectivity index (χ2v) is 5.46. The van der Waals surface area contributed by atoms with Crippen LogP contribution in [0.5, 0.6) is 0 Å².